The smallest absolute Gasteiger partial charge is 0.254 e. The van der Waals surface area contributed by atoms with E-state index < -0.39 is 29.4 Å². The Morgan fingerprint density at radius 1 is 0.946 bits per heavy atom. The Balaban J connectivity index is 1.32. The molecule has 1 saturated carbocycles. The molecule has 202 valence electrons. The summed E-state index contributed by atoms with van der Waals surface area (Å²) in [4.78, 5) is 41.2. The molecule has 3 amide bonds. The van der Waals surface area contributed by atoms with E-state index in [4.69, 9.17) is 0 Å². The van der Waals surface area contributed by atoms with Gasteiger partial charge in [-0.05, 0) is 57.2 Å². The van der Waals surface area contributed by atoms with Gasteiger partial charge in [-0.3, -0.25) is 14.4 Å². The molecule has 4 N–H and O–H groups in total. The van der Waals surface area contributed by atoms with Crippen LogP contribution in [0.5, 0.6) is 0 Å². The minimum atomic E-state index is -1.83. The van der Waals surface area contributed by atoms with Crippen molar-refractivity contribution in [3.05, 3.63) is 54.1 Å². The molecule has 1 aliphatic carbocycles. The van der Waals surface area contributed by atoms with Gasteiger partial charge in [0, 0.05) is 45.0 Å². The lowest BCUT2D eigenvalue weighted by atomic mass is 9.94. The summed E-state index contributed by atoms with van der Waals surface area (Å²) in [5, 5.41) is 26.1. The van der Waals surface area contributed by atoms with Gasteiger partial charge in [-0.1, -0.05) is 36.4 Å². The predicted molar refractivity (Wildman–Crippen MR) is 143 cm³/mol. The number of aliphatic hydroxyl groups excluding tert-OH is 2. The molecule has 0 bridgehead atoms. The molecule has 0 unspecified atom stereocenters. The van der Waals surface area contributed by atoms with E-state index in [0.717, 1.165) is 24.1 Å². The summed E-state index contributed by atoms with van der Waals surface area (Å²) < 4.78 is 0. The number of benzene rings is 1. The van der Waals surface area contributed by atoms with Gasteiger partial charge in [-0.2, -0.15) is 0 Å². The number of carbonyl (C=O) groups is 3. The lowest BCUT2D eigenvalue weighted by Crippen LogP contribution is -2.55. The Kier molecular flexibility index (Phi) is 10.3. The third-order valence-corrected chi connectivity index (χ3v) is 7.12. The lowest BCUT2D eigenvalue weighted by Gasteiger charge is -2.37. The second-order valence-corrected chi connectivity index (χ2v) is 9.62. The van der Waals surface area contributed by atoms with Crippen molar-refractivity contribution < 1.29 is 24.6 Å². The van der Waals surface area contributed by atoms with Crippen molar-refractivity contribution >= 4 is 23.4 Å². The molecule has 2 fully saturated rings. The third-order valence-electron chi connectivity index (χ3n) is 7.12. The van der Waals surface area contributed by atoms with Gasteiger partial charge in [0.15, 0.2) is 12.2 Å². The van der Waals surface area contributed by atoms with Crippen LogP contribution in [0.25, 0.3) is 0 Å². The summed E-state index contributed by atoms with van der Waals surface area (Å²) in [6.07, 6.45) is 5.20. The quantitative estimate of drug-likeness (QED) is 0.248. The second-order valence-electron chi connectivity index (χ2n) is 9.62. The first-order chi connectivity index (χ1) is 17.8. The fourth-order valence-electron chi connectivity index (χ4n) is 4.71. The van der Waals surface area contributed by atoms with Crippen LogP contribution >= 0.6 is 0 Å². The number of anilines is 1. The highest BCUT2D eigenvalue weighted by Crippen LogP contribution is 2.52. The van der Waals surface area contributed by atoms with Crippen LogP contribution in [0.2, 0.25) is 0 Å². The summed E-state index contributed by atoms with van der Waals surface area (Å²) in [5.74, 6) is -1.40. The molecule has 0 spiro atoms. The third kappa shape index (κ3) is 7.20. The van der Waals surface area contributed by atoms with Crippen LogP contribution in [0, 0.1) is 5.41 Å². The fourth-order valence-corrected chi connectivity index (χ4v) is 4.71. The van der Waals surface area contributed by atoms with E-state index in [9.17, 15) is 24.6 Å². The van der Waals surface area contributed by atoms with Gasteiger partial charge in [0.05, 0.1) is 5.41 Å². The number of hydrogen-bond acceptors (Lipinski definition) is 6. The van der Waals surface area contributed by atoms with Crippen molar-refractivity contribution in [3.8, 4) is 0 Å². The van der Waals surface area contributed by atoms with Gasteiger partial charge >= 0.3 is 0 Å². The molecule has 1 heterocycles. The average molecular weight is 513 g/mol. The predicted octanol–water partition coefficient (Wildman–Crippen LogP) is 1.37. The molecule has 1 aliphatic heterocycles. The summed E-state index contributed by atoms with van der Waals surface area (Å²) in [6, 6.07) is 9.86. The van der Waals surface area contributed by atoms with Crippen LogP contribution in [0.1, 0.15) is 39.5 Å². The number of unbranched alkanes of at least 4 members (excludes halogenated alkanes) is 1. The monoisotopic (exact) mass is 512 g/mol. The molecule has 1 aromatic carbocycles. The summed E-state index contributed by atoms with van der Waals surface area (Å²) in [5.41, 5.74) is 1.70. The van der Waals surface area contributed by atoms with Crippen LogP contribution in [0.15, 0.2) is 54.1 Å². The van der Waals surface area contributed by atoms with E-state index in [-0.39, 0.29) is 12.5 Å². The number of allylic oxidation sites excluding steroid dienone is 3. The minimum absolute atomic E-state index is 0.0318. The molecule has 0 aromatic heterocycles. The molecule has 9 nitrogen and oxygen atoms in total. The van der Waals surface area contributed by atoms with E-state index in [1.807, 2.05) is 62.4 Å². The first kappa shape index (κ1) is 28.4. The minimum Gasteiger partial charge on any atom is -0.380 e. The molecule has 0 radical (unpaired) electrons. The molecular weight excluding hydrogens is 472 g/mol. The van der Waals surface area contributed by atoms with Gasteiger partial charge in [-0.15, -0.1) is 0 Å². The molecule has 1 saturated heterocycles. The molecule has 37 heavy (non-hydrogen) atoms. The molecular formula is C28H40N4O5. The number of amides is 3. The van der Waals surface area contributed by atoms with Crippen molar-refractivity contribution in [2.75, 3.05) is 44.2 Å². The van der Waals surface area contributed by atoms with E-state index in [1.165, 1.54) is 4.90 Å². The number of hydrogen-bond donors (Lipinski definition) is 4. The maximum absolute atomic E-state index is 12.6. The summed E-state index contributed by atoms with van der Waals surface area (Å²) >= 11 is 0. The van der Waals surface area contributed by atoms with Crippen LogP contribution in [0.4, 0.5) is 5.69 Å². The van der Waals surface area contributed by atoms with E-state index in [0.29, 0.717) is 45.6 Å². The number of nitrogens with zero attached hydrogens (tertiary/aromatic N) is 2. The highest BCUT2D eigenvalue weighted by molar-refractivity contribution is 5.91. The van der Waals surface area contributed by atoms with Crippen LogP contribution < -0.4 is 15.5 Å². The van der Waals surface area contributed by atoms with Gasteiger partial charge in [0.1, 0.15) is 0 Å². The largest absolute Gasteiger partial charge is 0.380 e. The van der Waals surface area contributed by atoms with Crippen LogP contribution in [-0.2, 0) is 14.4 Å². The number of rotatable bonds is 12. The van der Waals surface area contributed by atoms with Crippen molar-refractivity contribution in [2.45, 2.75) is 51.7 Å². The standard InChI is InChI=1S/C28H40N4O5/c1-3-10-21(4-2)28(13-14-28)27(37)30-16-9-8-15-29-25(35)23(33)24(34)26(36)32-19-17-31(18-20-32)22-11-6-5-7-12-22/h3-7,10-12,23-24,33-34H,8-9,13-20H2,1-2H3,(H,29,35)(H,30,37)/b10-3-,21-4+/t23-,24-/m1/s1. The Labute approximate surface area is 219 Å². The van der Waals surface area contributed by atoms with Crippen LogP contribution in [-0.4, -0.2) is 84.3 Å². The topological polar surface area (TPSA) is 122 Å². The molecule has 9 heteroatoms. The highest BCUT2D eigenvalue weighted by atomic mass is 16.3. The van der Waals surface area contributed by atoms with Gasteiger partial charge < -0.3 is 30.6 Å². The summed E-state index contributed by atoms with van der Waals surface area (Å²) in [6.45, 7) is 6.64. The molecule has 2 atom stereocenters. The van der Waals surface area contributed by atoms with Crippen molar-refractivity contribution in [2.24, 2.45) is 5.41 Å². The van der Waals surface area contributed by atoms with Crippen molar-refractivity contribution in [1.29, 1.82) is 0 Å². The SMILES string of the molecule is C/C=C\C(=C/C)C1(C(=O)NCCCCNC(=O)[C@H](O)[C@@H](O)C(=O)N2CCN(c3ccccc3)CC2)CC1. The van der Waals surface area contributed by atoms with Crippen molar-refractivity contribution in [1.82, 2.24) is 15.5 Å². The zero-order valence-corrected chi connectivity index (χ0v) is 21.9. The molecule has 2 aliphatic rings. The number of aliphatic hydroxyl groups is 2. The van der Waals surface area contributed by atoms with Gasteiger partial charge in [0.2, 0.25) is 5.91 Å². The second kappa shape index (κ2) is 13.4. The zero-order chi connectivity index (χ0) is 26.8. The lowest BCUT2D eigenvalue weighted by molar-refractivity contribution is -0.153. The van der Waals surface area contributed by atoms with Crippen LogP contribution in [0.3, 0.4) is 0 Å². The number of piperazine rings is 1. The van der Waals surface area contributed by atoms with E-state index in [2.05, 4.69) is 15.5 Å². The van der Waals surface area contributed by atoms with Crippen molar-refractivity contribution in [3.63, 3.8) is 0 Å². The van der Waals surface area contributed by atoms with Gasteiger partial charge in [0.25, 0.3) is 11.8 Å². The molecule has 1 aromatic rings. The van der Waals surface area contributed by atoms with Gasteiger partial charge in [-0.25, -0.2) is 0 Å². The Morgan fingerprint density at radius 3 is 2.14 bits per heavy atom. The van der Waals surface area contributed by atoms with E-state index >= 15 is 0 Å². The Bertz CT molecular complexity index is 982. The Hall–Kier alpha value is -3.17. The fraction of sp³-hybridized carbons (Fsp3) is 0.536. The average Bonchev–Trinajstić information content (AvgIpc) is 3.74. The number of carbonyl (C=O) groups excluding carboxylic acids is 3. The maximum Gasteiger partial charge on any atom is 0.254 e. The van der Waals surface area contributed by atoms with E-state index in [1.54, 1.807) is 0 Å². The zero-order valence-electron chi connectivity index (χ0n) is 21.9. The highest BCUT2D eigenvalue weighted by Gasteiger charge is 2.51. The maximum atomic E-state index is 12.6. The first-order valence-electron chi connectivity index (χ1n) is 13.1. The summed E-state index contributed by atoms with van der Waals surface area (Å²) in [7, 11) is 0. The molecule has 3 rings (SSSR count). The Morgan fingerprint density at radius 2 is 1.57 bits per heavy atom. The normalized spacial score (nSPS) is 18.9. The first-order valence-corrected chi connectivity index (χ1v) is 13.1. The number of para-hydroxylation sites is 1. The number of nitrogens with one attached hydrogen (secondary N) is 2.